The highest BCUT2D eigenvalue weighted by molar-refractivity contribution is 7.22. The van der Waals surface area contributed by atoms with E-state index in [1.54, 1.807) is 49.6 Å². The van der Waals surface area contributed by atoms with Gasteiger partial charge in [-0.2, -0.15) is 0 Å². The van der Waals surface area contributed by atoms with Gasteiger partial charge < -0.3 is 14.6 Å². The highest BCUT2D eigenvalue weighted by atomic mass is 32.1. The lowest BCUT2D eigenvalue weighted by Gasteiger charge is -2.23. The normalized spacial score (nSPS) is 16.9. The van der Waals surface area contributed by atoms with Gasteiger partial charge in [0, 0.05) is 5.56 Å². The number of ketones is 1. The monoisotopic (exact) mass is 518 g/mol. The topological polar surface area (TPSA) is 89.0 Å². The number of methoxy groups -OCH3 is 1. The largest absolute Gasteiger partial charge is 0.507 e. The van der Waals surface area contributed by atoms with Gasteiger partial charge in [0.1, 0.15) is 23.1 Å². The van der Waals surface area contributed by atoms with E-state index in [-0.39, 0.29) is 16.9 Å². The number of aliphatic hydroxyl groups excluding tert-OH is 1. The van der Waals surface area contributed by atoms with Crippen molar-refractivity contribution in [1.82, 2.24) is 4.98 Å². The highest BCUT2D eigenvalue weighted by Crippen LogP contribution is 2.44. The van der Waals surface area contributed by atoms with E-state index in [0.29, 0.717) is 34.3 Å². The van der Waals surface area contributed by atoms with E-state index in [9.17, 15) is 19.1 Å². The maximum atomic E-state index is 13.5. The predicted octanol–water partition coefficient (Wildman–Crippen LogP) is 5.86. The zero-order valence-electron chi connectivity index (χ0n) is 20.1. The van der Waals surface area contributed by atoms with Crippen molar-refractivity contribution in [2.45, 2.75) is 19.4 Å². The third kappa shape index (κ3) is 4.53. The molecule has 9 heteroatoms. The molecule has 4 aromatic rings. The minimum Gasteiger partial charge on any atom is -0.507 e. The van der Waals surface area contributed by atoms with Gasteiger partial charge in [0.15, 0.2) is 5.13 Å². The first-order valence-electron chi connectivity index (χ1n) is 11.7. The van der Waals surface area contributed by atoms with Crippen LogP contribution in [0, 0.1) is 5.82 Å². The van der Waals surface area contributed by atoms with Crippen LogP contribution in [0.2, 0.25) is 0 Å². The van der Waals surface area contributed by atoms with E-state index < -0.39 is 23.5 Å². The molecule has 5 rings (SSSR count). The Bertz CT molecular complexity index is 1510. The second kappa shape index (κ2) is 10.0. The molecule has 0 spiro atoms. The number of carbonyl (C=O) groups is 2. The van der Waals surface area contributed by atoms with Gasteiger partial charge >= 0.3 is 5.91 Å². The molecule has 3 aromatic carbocycles. The van der Waals surface area contributed by atoms with Crippen molar-refractivity contribution in [3.05, 3.63) is 89.2 Å². The number of hydrogen-bond donors (Lipinski definition) is 1. The van der Waals surface area contributed by atoms with Crippen LogP contribution in [-0.2, 0) is 9.59 Å². The van der Waals surface area contributed by atoms with Crippen molar-refractivity contribution in [1.29, 1.82) is 0 Å². The van der Waals surface area contributed by atoms with Gasteiger partial charge in [-0.1, -0.05) is 30.4 Å². The molecule has 0 aliphatic carbocycles. The van der Waals surface area contributed by atoms with Crippen LogP contribution in [0.3, 0.4) is 0 Å². The van der Waals surface area contributed by atoms with Crippen LogP contribution in [0.1, 0.15) is 30.5 Å². The average molecular weight is 519 g/mol. The Hall–Kier alpha value is -4.24. The minimum absolute atomic E-state index is 0.101. The van der Waals surface area contributed by atoms with Crippen molar-refractivity contribution >= 4 is 44.1 Å². The molecular formula is C28H23FN2O5S. The first-order valence-corrected chi connectivity index (χ1v) is 12.5. The fraction of sp³-hybridized carbons (Fsp3) is 0.179. The first-order chi connectivity index (χ1) is 17.9. The van der Waals surface area contributed by atoms with E-state index in [1.165, 1.54) is 40.5 Å². The minimum atomic E-state index is -0.951. The number of aromatic nitrogens is 1. The maximum Gasteiger partial charge on any atom is 0.301 e. The summed E-state index contributed by atoms with van der Waals surface area (Å²) in [5.41, 5.74) is 1.35. The first kappa shape index (κ1) is 24.5. The summed E-state index contributed by atoms with van der Waals surface area (Å²) < 4.78 is 25.3. The van der Waals surface area contributed by atoms with Crippen LogP contribution < -0.4 is 14.4 Å². The summed E-state index contributed by atoms with van der Waals surface area (Å²) in [5.74, 6) is -1.25. The third-order valence-electron chi connectivity index (χ3n) is 6.02. The number of fused-ring (bicyclic) bond motifs is 1. The summed E-state index contributed by atoms with van der Waals surface area (Å²) in [6.07, 6.45) is 0.849. The number of nitrogens with zero attached hydrogens (tertiary/aromatic N) is 2. The quantitative estimate of drug-likeness (QED) is 0.187. The molecule has 1 N–H and O–H groups in total. The Morgan fingerprint density at radius 3 is 2.43 bits per heavy atom. The lowest BCUT2D eigenvalue weighted by Crippen LogP contribution is -2.29. The number of halogens is 1. The van der Waals surface area contributed by atoms with Crippen molar-refractivity contribution in [2.24, 2.45) is 0 Å². The number of Topliss-reactive ketones (excluding diaryl/α,β-unsaturated/α-hetero) is 1. The Morgan fingerprint density at radius 2 is 1.76 bits per heavy atom. The van der Waals surface area contributed by atoms with Crippen LogP contribution in [0.15, 0.2) is 72.3 Å². The summed E-state index contributed by atoms with van der Waals surface area (Å²) in [6, 6.07) is 16.5. The lowest BCUT2D eigenvalue weighted by molar-refractivity contribution is -0.132. The van der Waals surface area contributed by atoms with Gasteiger partial charge in [-0.05, 0) is 66.6 Å². The van der Waals surface area contributed by atoms with Gasteiger partial charge in [-0.25, -0.2) is 9.37 Å². The summed E-state index contributed by atoms with van der Waals surface area (Å²) in [4.78, 5) is 32.6. The van der Waals surface area contributed by atoms with E-state index in [2.05, 4.69) is 4.98 Å². The van der Waals surface area contributed by atoms with Crippen molar-refractivity contribution < 1.29 is 28.6 Å². The summed E-state index contributed by atoms with van der Waals surface area (Å²) >= 11 is 1.24. The van der Waals surface area contributed by atoms with E-state index >= 15 is 0 Å². The molecular weight excluding hydrogens is 495 g/mol. The second-order valence-electron chi connectivity index (χ2n) is 8.42. The highest BCUT2D eigenvalue weighted by Gasteiger charge is 2.48. The molecule has 0 saturated carbocycles. The number of benzene rings is 3. The Labute approximate surface area is 216 Å². The van der Waals surface area contributed by atoms with Crippen LogP contribution >= 0.6 is 11.3 Å². The standard InChI is InChI=1S/C28H23FN2O5S/c1-3-14-36-19-10-6-16(7-11-19)24-23(25(32)17-4-8-18(29)9-5-17)26(33)27(34)31(24)28-30-21-13-12-20(35-2)15-22(21)37-28/h4-13,15,24,32H,3,14H2,1-2H3/b25-23+/t24-/m0/s1. The van der Waals surface area contributed by atoms with E-state index in [4.69, 9.17) is 9.47 Å². The molecule has 0 unspecified atom stereocenters. The average Bonchev–Trinajstić information content (AvgIpc) is 3.45. The molecule has 1 aromatic heterocycles. The number of anilines is 1. The number of carbonyl (C=O) groups excluding carboxylic acids is 2. The molecule has 1 fully saturated rings. The number of hydrogen-bond acceptors (Lipinski definition) is 7. The van der Waals surface area contributed by atoms with Crippen LogP contribution in [0.25, 0.3) is 16.0 Å². The van der Waals surface area contributed by atoms with Gasteiger partial charge in [-0.15, -0.1) is 0 Å². The maximum absolute atomic E-state index is 13.5. The second-order valence-corrected chi connectivity index (χ2v) is 9.43. The van der Waals surface area contributed by atoms with Gasteiger partial charge in [-0.3, -0.25) is 14.5 Å². The van der Waals surface area contributed by atoms with Crippen molar-refractivity contribution in [3.8, 4) is 11.5 Å². The molecule has 0 bridgehead atoms. The van der Waals surface area contributed by atoms with Crippen LogP contribution in [-0.4, -0.2) is 35.5 Å². The van der Waals surface area contributed by atoms with Crippen molar-refractivity contribution in [3.63, 3.8) is 0 Å². The molecule has 1 atom stereocenters. The number of aliphatic hydroxyl groups is 1. The SMILES string of the molecule is CCCOc1ccc([C@H]2/C(=C(\O)c3ccc(F)cc3)C(=O)C(=O)N2c2nc3ccc(OC)cc3s2)cc1. The predicted molar refractivity (Wildman–Crippen MR) is 140 cm³/mol. The number of thiazole rings is 1. The van der Waals surface area contributed by atoms with Crippen LogP contribution in [0.5, 0.6) is 11.5 Å². The summed E-state index contributed by atoms with van der Waals surface area (Å²) in [5, 5.41) is 11.5. The summed E-state index contributed by atoms with van der Waals surface area (Å²) in [6.45, 7) is 2.56. The molecule has 1 aliphatic rings. The third-order valence-corrected chi connectivity index (χ3v) is 7.04. The molecule has 188 valence electrons. The molecule has 1 amide bonds. The Morgan fingerprint density at radius 1 is 1.05 bits per heavy atom. The van der Waals surface area contributed by atoms with E-state index in [1.807, 2.05) is 6.92 Å². The fourth-order valence-corrected chi connectivity index (χ4v) is 5.22. The zero-order chi connectivity index (χ0) is 26.1. The molecule has 37 heavy (non-hydrogen) atoms. The smallest absolute Gasteiger partial charge is 0.301 e. The lowest BCUT2D eigenvalue weighted by atomic mass is 9.95. The van der Waals surface area contributed by atoms with Gasteiger partial charge in [0.2, 0.25) is 0 Å². The Balaban J connectivity index is 1.66. The van der Waals surface area contributed by atoms with E-state index in [0.717, 1.165) is 11.1 Å². The number of ether oxygens (including phenoxy) is 2. The molecule has 2 heterocycles. The van der Waals surface area contributed by atoms with Gasteiger partial charge in [0.25, 0.3) is 5.78 Å². The van der Waals surface area contributed by atoms with Crippen molar-refractivity contribution in [2.75, 3.05) is 18.6 Å². The van der Waals surface area contributed by atoms with Gasteiger partial charge in [0.05, 0.1) is 35.5 Å². The Kier molecular flexibility index (Phi) is 6.62. The molecule has 0 radical (unpaired) electrons. The van der Waals surface area contributed by atoms with Crippen LogP contribution in [0.4, 0.5) is 9.52 Å². The summed E-state index contributed by atoms with van der Waals surface area (Å²) in [7, 11) is 1.56. The molecule has 1 aliphatic heterocycles. The molecule has 1 saturated heterocycles. The molecule has 7 nitrogen and oxygen atoms in total. The number of amides is 1. The fourth-order valence-electron chi connectivity index (χ4n) is 4.20. The zero-order valence-corrected chi connectivity index (χ0v) is 20.9. The number of rotatable bonds is 7.